The summed E-state index contributed by atoms with van der Waals surface area (Å²) in [6.45, 7) is 8.88. The van der Waals surface area contributed by atoms with E-state index in [4.69, 9.17) is 9.47 Å². The molecule has 5 rings (SSSR count). The van der Waals surface area contributed by atoms with Crippen LogP contribution >= 0.6 is 0 Å². The van der Waals surface area contributed by atoms with Crippen molar-refractivity contribution in [1.29, 1.82) is 0 Å². The van der Waals surface area contributed by atoms with E-state index in [1.807, 2.05) is 53.2 Å². The Morgan fingerprint density at radius 2 is 1.92 bits per heavy atom. The van der Waals surface area contributed by atoms with Gasteiger partial charge in [-0.15, -0.1) is 0 Å². The van der Waals surface area contributed by atoms with Crippen LogP contribution in [0.15, 0.2) is 30.7 Å². The lowest BCUT2D eigenvalue weighted by molar-refractivity contribution is 0.0237. The van der Waals surface area contributed by atoms with Gasteiger partial charge in [0.1, 0.15) is 11.1 Å². The molecule has 0 bridgehead atoms. The van der Waals surface area contributed by atoms with Crippen molar-refractivity contribution in [2.45, 2.75) is 45.8 Å². The molecule has 12 nitrogen and oxygen atoms in total. The van der Waals surface area contributed by atoms with Gasteiger partial charge in [0.2, 0.25) is 5.65 Å². The van der Waals surface area contributed by atoms with Crippen LogP contribution < -0.4 is 15.0 Å². The molecule has 1 aliphatic heterocycles. The molecule has 39 heavy (non-hydrogen) atoms. The summed E-state index contributed by atoms with van der Waals surface area (Å²) in [6, 6.07) is 3.73. The maximum Gasteiger partial charge on any atom is 0.410 e. The fourth-order valence-electron chi connectivity index (χ4n) is 4.90. The van der Waals surface area contributed by atoms with Crippen molar-refractivity contribution in [3.8, 4) is 5.88 Å². The highest BCUT2D eigenvalue weighted by molar-refractivity contribution is 6.13. The molecule has 206 valence electrons. The molecular formula is C27H34N8O4. The van der Waals surface area contributed by atoms with Gasteiger partial charge >= 0.3 is 6.09 Å². The standard InChI is InChI=1S/C27H34N8O4/c1-16-12-35-15-21(30-25(38-7)23(35)28-16)29-24(36)18-8-9-20(19-14-32(5)31-22(18)19)34-11-10-17(13-34)33(6)26(37)39-27(2,3)4/h8-9,12,14-15,17H,10-11,13H2,1-7H3,(H,29,36). The van der Waals surface area contributed by atoms with Gasteiger partial charge in [-0.1, -0.05) is 0 Å². The minimum absolute atomic E-state index is 0.0114. The van der Waals surface area contributed by atoms with E-state index >= 15 is 0 Å². The molecule has 1 aromatic carbocycles. The third-order valence-corrected chi connectivity index (χ3v) is 6.71. The Labute approximate surface area is 226 Å². The lowest BCUT2D eigenvalue weighted by Gasteiger charge is -2.29. The normalized spacial score (nSPS) is 15.7. The maximum atomic E-state index is 13.4. The molecule has 4 heterocycles. The fourth-order valence-corrected chi connectivity index (χ4v) is 4.90. The highest BCUT2D eigenvalue weighted by atomic mass is 16.6. The fraction of sp³-hybridized carbons (Fsp3) is 0.444. The zero-order chi connectivity index (χ0) is 28.1. The van der Waals surface area contributed by atoms with Crippen LogP contribution in [0.3, 0.4) is 0 Å². The van der Waals surface area contributed by atoms with E-state index in [1.165, 1.54) is 7.11 Å². The minimum atomic E-state index is -0.550. The topological polar surface area (TPSA) is 119 Å². The van der Waals surface area contributed by atoms with Gasteiger partial charge in [0.15, 0.2) is 5.82 Å². The molecular weight excluding hydrogens is 500 g/mol. The third kappa shape index (κ3) is 5.18. The van der Waals surface area contributed by atoms with Crippen molar-refractivity contribution in [3.63, 3.8) is 0 Å². The molecule has 0 radical (unpaired) electrons. The number of nitrogens with zero attached hydrogens (tertiary/aromatic N) is 7. The summed E-state index contributed by atoms with van der Waals surface area (Å²) in [5, 5.41) is 8.34. The Kier molecular flexibility index (Phi) is 6.57. The van der Waals surface area contributed by atoms with E-state index in [2.05, 4.69) is 25.3 Å². The molecule has 2 amide bonds. The molecule has 1 aliphatic rings. The van der Waals surface area contributed by atoms with Crippen LogP contribution in [0.1, 0.15) is 43.2 Å². The second-order valence-corrected chi connectivity index (χ2v) is 10.9. The van der Waals surface area contributed by atoms with Crippen molar-refractivity contribution in [2.24, 2.45) is 7.05 Å². The molecule has 0 spiro atoms. The van der Waals surface area contributed by atoms with Crippen LogP contribution in [0, 0.1) is 6.92 Å². The van der Waals surface area contributed by atoms with E-state index in [-0.39, 0.29) is 18.0 Å². The summed E-state index contributed by atoms with van der Waals surface area (Å²) in [4.78, 5) is 38.7. The minimum Gasteiger partial charge on any atom is -0.478 e. The second kappa shape index (κ2) is 9.75. The first kappa shape index (κ1) is 26.3. The number of hydrogen-bond acceptors (Lipinski definition) is 8. The molecule has 1 saturated heterocycles. The largest absolute Gasteiger partial charge is 0.478 e. The van der Waals surface area contributed by atoms with E-state index in [1.54, 1.807) is 33.3 Å². The first-order valence-electron chi connectivity index (χ1n) is 12.8. The van der Waals surface area contributed by atoms with Crippen molar-refractivity contribution in [3.05, 3.63) is 42.0 Å². The third-order valence-electron chi connectivity index (χ3n) is 6.71. The number of benzene rings is 1. The molecule has 12 heteroatoms. The number of nitrogens with one attached hydrogen (secondary N) is 1. The first-order valence-corrected chi connectivity index (χ1v) is 12.8. The average molecular weight is 535 g/mol. The summed E-state index contributed by atoms with van der Waals surface area (Å²) in [7, 11) is 5.12. The van der Waals surface area contributed by atoms with Gasteiger partial charge in [-0.25, -0.2) is 9.78 Å². The maximum absolute atomic E-state index is 13.4. The van der Waals surface area contributed by atoms with Gasteiger partial charge in [-0.3, -0.25) is 13.9 Å². The Morgan fingerprint density at radius 3 is 2.64 bits per heavy atom. The van der Waals surface area contributed by atoms with Crippen LogP contribution in [0.4, 0.5) is 16.3 Å². The molecule has 1 atom stereocenters. The first-order chi connectivity index (χ1) is 18.4. The number of anilines is 2. The lowest BCUT2D eigenvalue weighted by Crippen LogP contribution is -2.42. The van der Waals surface area contributed by atoms with Gasteiger partial charge in [-0.2, -0.15) is 10.1 Å². The summed E-state index contributed by atoms with van der Waals surface area (Å²) < 4.78 is 14.4. The number of imidazole rings is 1. The summed E-state index contributed by atoms with van der Waals surface area (Å²) in [5.74, 6) is 0.321. The summed E-state index contributed by atoms with van der Waals surface area (Å²) >= 11 is 0. The Morgan fingerprint density at radius 1 is 1.15 bits per heavy atom. The smallest absolute Gasteiger partial charge is 0.410 e. The number of hydrogen-bond donors (Lipinski definition) is 1. The number of methoxy groups -OCH3 is 1. The van der Waals surface area contributed by atoms with E-state index in [0.717, 1.165) is 29.7 Å². The van der Waals surface area contributed by atoms with E-state index < -0.39 is 5.60 Å². The van der Waals surface area contributed by atoms with Crippen molar-refractivity contribution in [1.82, 2.24) is 29.0 Å². The Balaban J connectivity index is 1.39. The molecule has 4 aromatic rings. The van der Waals surface area contributed by atoms with E-state index in [9.17, 15) is 9.59 Å². The Hall–Kier alpha value is -4.35. The number of carbonyl (C=O) groups is 2. The Bertz CT molecular complexity index is 1570. The van der Waals surface area contributed by atoms with Crippen LogP contribution in [0.2, 0.25) is 0 Å². The van der Waals surface area contributed by atoms with E-state index in [0.29, 0.717) is 35.0 Å². The molecule has 0 saturated carbocycles. The van der Waals surface area contributed by atoms with Crippen LogP contribution in [0.5, 0.6) is 5.88 Å². The van der Waals surface area contributed by atoms with Crippen LogP contribution in [-0.2, 0) is 11.8 Å². The highest BCUT2D eigenvalue weighted by Crippen LogP contribution is 2.32. The summed E-state index contributed by atoms with van der Waals surface area (Å²) in [5.41, 5.74) is 2.81. The second-order valence-electron chi connectivity index (χ2n) is 10.9. The molecule has 1 unspecified atom stereocenters. The van der Waals surface area contributed by atoms with Gasteiger partial charge < -0.3 is 24.6 Å². The van der Waals surface area contributed by atoms with Crippen molar-refractivity contribution < 1.29 is 19.1 Å². The number of ether oxygens (including phenoxy) is 2. The predicted octanol–water partition coefficient (Wildman–Crippen LogP) is 3.63. The number of fused-ring (bicyclic) bond motifs is 2. The molecule has 1 N–H and O–H groups in total. The zero-order valence-electron chi connectivity index (χ0n) is 23.3. The van der Waals surface area contributed by atoms with Crippen molar-refractivity contribution >= 4 is 40.1 Å². The van der Waals surface area contributed by atoms with Gasteiger partial charge in [0.25, 0.3) is 11.8 Å². The average Bonchev–Trinajstić information content (AvgIpc) is 3.58. The number of aromatic nitrogens is 5. The molecule has 0 aliphatic carbocycles. The van der Waals surface area contributed by atoms with Crippen LogP contribution in [0.25, 0.3) is 16.6 Å². The number of carbonyl (C=O) groups excluding carboxylic acids is 2. The van der Waals surface area contributed by atoms with Gasteiger partial charge in [-0.05, 0) is 46.2 Å². The van der Waals surface area contributed by atoms with Crippen molar-refractivity contribution in [2.75, 3.05) is 37.5 Å². The molecule has 1 fully saturated rings. The van der Waals surface area contributed by atoms with Crippen LogP contribution in [-0.4, -0.2) is 79.9 Å². The lowest BCUT2D eigenvalue weighted by atomic mass is 10.1. The SMILES string of the molecule is COc1nc(NC(=O)c2ccc(N3CCC(N(C)C(=O)OC(C)(C)C)C3)c3cn(C)nc23)cn2cc(C)nc12. The number of aryl methyl sites for hydroxylation is 2. The van der Waals surface area contributed by atoms with Gasteiger partial charge in [0, 0.05) is 50.7 Å². The highest BCUT2D eigenvalue weighted by Gasteiger charge is 2.32. The predicted molar refractivity (Wildman–Crippen MR) is 148 cm³/mol. The number of likely N-dealkylation sites (N-methyl/N-ethyl adjacent to an activating group) is 1. The number of rotatable bonds is 5. The molecule has 3 aromatic heterocycles. The zero-order valence-corrected chi connectivity index (χ0v) is 23.3. The van der Waals surface area contributed by atoms with Gasteiger partial charge in [0.05, 0.1) is 30.6 Å². The summed E-state index contributed by atoms with van der Waals surface area (Å²) in [6.07, 6.45) is 5.93. The quantitative estimate of drug-likeness (QED) is 0.412. The number of amides is 2. The monoisotopic (exact) mass is 534 g/mol.